The van der Waals surface area contributed by atoms with Crippen molar-refractivity contribution in [3.05, 3.63) is 48.0 Å². The summed E-state index contributed by atoms with van der Waals surface area (Å²) >= 11 is 0. The van der Waals surface area contributed by atoms with Gasteiger partial charge in [-0.05, 0) is 24.1 Å². The van der Waals surface area contributed by atoms with Crippen molar-refractivity contribution in [2.45, 2.75) is 26.3 Å². The summed E-state index contributed by atoms with van der Waals surface area (Å²) in [7, 11) is 0. The van der Waals surface area contributed by atoms with Crippen LogP contribution in [0.4, 0.5) is 0 Å². The molecule has 0 amide bonds. The third-order valence-corrected chi connectivity index (χ3v) is 3.38. The van der Waals surface area contributed by atoms with Crippen molar-refractivity contribution in [1.29, 1.82) is 0 Å². The van der Waals surface area contributed by atoms with Crippen molar-refractivity contribution in [2.24, 2.45) is 5.41 Å². The number of fused-ring (bicyclic) bond motifs is 1. The Labute approximate surface area is 92.2 Å². The highest BCUT2D eigenvalue weighted by molar-refractivity contribution is 5.34. The van der Waals surface area contributed by atoms with Gasteiger partial charge in [0.1, 0.15) is 0 Å². The van der Waals surface area contributed by atoms with Crippen LogP contribution in [-0.2, 0) is 6.42 Å². The molecule has 0 spiro atoms. The molecule has 1 aromatic rings. The Morgan fingerprint density at radius 2 is 2.13 bits per heavy atom. The summed E-state index contributed by atoms with van der Waals surface area (Å²) in [5, 5.41) is 3.60. The second-order valence-corrected chi connectivity index (χ2v) is 4.86. The van der Waals surface area contributed by atoms with Gasteiger partial charge >= 0.3 is 0 Å². The fraction of sp³-hybridized carbons (Fsp3) is 0.429. The van der Waals surface area contributed by atoms with E-state index in [9.17, 15) is 0 Å². The zero-order valence-corrected chi connectivity index (χ0v) is 9.59. The van der Waals surface area contributed by atoms with Crippen LogP contribution in [0.2, 0.25) is 0 Å². The van der Waals surface area contributed by atoms with E-state index in [0.29, 0.717) is 6.04 Å². The molecule has 0 saturated carbocycles. The molecule has 0 saturated heterocycles. The van der Waals surface area contributed by atoms with Crippen molar-refractivity contribution in [1.82, 2.24) is 5.32 Å². The zero-order chi connectivity index (χ0) is 10.9. The molecule has 0 aliphatic carbocycles. The average molecular weight is 201 g/mol. The van der Waals surface area contributed by atoms with Crippen LogP contribution in [-0.4, -0.2) is 6.54 Å². The molecule has 0 aromatic heterocycles. The van der Waals surface area contributed by atoms with E-state index in [1.165, 1.54) is 11.1 Å². The molecule has 1 nitrogen and oxygen atoms in total. The molecule has 1 aliphatic heterocycles. The topological polar surface area (TPSA) is 12.0 Å². The Kier molecular flexibility index (Phi) is 2.66. The predicted octanol–water partition coefficient (Wildman–Crippen LogP) is 3.09. The van der Waals surface area contributed by atoms with Crippen molar-refractivity contribution in [3.8, 4) is 0 Å². The molecule has 0 fully saturated rings. The summed E-state index contributed by atoms with van der Waals surface area (Å²) in [5.41, 5.74) is 3.03. The Balaban J connectivity index is 2.42. The minimum Gasteiger partial charge on any atom is -0.309 e. The first-order chi connectivity index (χ1) is 7.15. The third kappa shape index (κ3) is 1.84. The van der Waals surface area contributed by atoms with Crippen LogP contribution in [0.3, 0.4) is 0 Å². The first-order valence-electron chi connectivity index (χ1n) is 5.60. The maximum Gasteiger partial charge on any atom is 0.0409 e. The second kappa shape index (κ2) is 3.82. The van der Waals surface area contributed by atoms with Crippen LogP contribution in [0.1, 0.15) is 31.0 Å². The largest absolute Gasteiger partial charge is 0.309 e. The Morgan fingerprint density at radius 1 is 1.40 bits per heavy atom. The Morgan fingerprint density at radius 3 is 2.87 bits per heavy atom. The van der Waals surface area contributed by atoms with Crippen molar-refractivity contribution >= 4 is 0 Å². The standard InChI is InChI=1S/C14H19N/c1-4-14(2,3)13-12-8-6-5-7-11(12)9-10-15-13/h4-8,13,15H,1,9-10H2,2-3H3. The van der Waals surface area contributed by atoms with E-state index in [1.807, 2.05) is 6.08 Å². The van der Waals surface area contributed by atoms with Gasteiger partial charge < -0.3 is 5.32 Å². The molecular formula is C14H19N. The van der Waals surface area contributed by atoms with Gasteiger partial charge in [-0.15, -0.1) is 6.58 Å². The lowest BCUT2D eigenvalue weighted by molar-refractivity contribution is 0.304. The average Bonchev–Trinajstić information content (AvgIpc) is 2.28. The number of benzene rings is 1. The third-order valence-electron chi connectivity index (χ3n) is 3.38. The highest BCUT2D eigenvalue weighted by Crippen LogP contribution is 2.37. The summed E-state index contributed by atoms with van der Waals surface area (Å²) in [5.74, 6) is 0. The highest BCUT2D eigenvalue weighted by atomic mass is 14.9. The van der Waals surface area contributed by atoms with E-state index >= 15 is 0 Å². The number of nitrogens with one attached hydrogen (secondary N) is 1. The first kappa shape index (κ1) is 10.4. The Bertz CT molecular complexity index is 365. The van der Waals surface area contributed by atoms with Crippen molar-refractivity contribution < 1.29 is 0 Å². The zero-order valence-electron chi connectivity index (χ0n) is 9.59. The number of rotatable bonds is 2. The van der Waals surface area contributed by atoms with E-state index in [-0.39, 0.29) is 5.41 Å². The summed E-state index contributed by atoms with van der Waals surface area (Å²) < 4.78 is 0. The Hall–Kier alpha value is -1.08. The van der Waals surface area contributed by atoms with Gasteiger partial charge in [0.2, 0.25) is 0 Å². The molecule has 1 N–H and O–H groups in total. The van der Waals surface area contributed by atoms with Crippen molar-refractivity contribution in [3.63, 3.8) is 0 Å². The second-order valence-electron chi connectivity index (χ2n) is 4.86. The lowest BCUT2D eigenvalue weighted by atomic mass is 9.77. The molecule has 1 heteroatoms. The first-order valence-corrected chi connectivity index (χ1v) is 5.60. The fourth-order valence-electron chi connectivity index (χ4n) is 2.29. The molecule has 1 heterocycles. The summed E-state index contributed by atoms with van der Waals surface area (Å²) in [6.45, 7) is 9.48. The molecule has 1 aromatic carbocycles. The normalized spacial score (nSPS) is 20.8. The van der Waals surface area contributed by atoms with Crippen LogP contribution < -0.4 is 5.32 Å². The van der Waals surface area contributed by atoms with Crippen LogP contribution in [0.15, 0.2) is 36.9 Å². The molecule has 0 radical (unpaired) electrons. The van der Waals surface area contributed by atoms with Gasteiger partial charge in [-0.1, -0.05) is 44.2 Å². The predicted molar refractivity (Wildman–Crippen MR) is 64.9 cm³/mol. The molecule has 1 aliphatic rings. The molecule has 1 atom stereocenters. The van der Waals surface area contributed by atoms with E-state index < -0.39 is 0 Å². The molecule has 80 valence electrons. The van der Waals surface area contributed by atoms with Gasteiger partial charge in [0, 0.05) is 11.5 Å². The van der Waals surface area contributed by atoms with Gasteiger partial charge in [0.25, 0.3) is 0 Å². The maximum absolute atomic E-state index is 3.94. The molecular weight excluding hydrogens is 182 g/mol. The van der Waals surface area contributed by atoms with Crippen LogP contribution in [0, 0.1) is 5.41 Å². The summed E-state index contributed by atoms with van der Waals surface area (Å²) in [4.78, 5) is 0. The van der Waals surface area contributed by atoms with Gasteiger partial charge in [0.15, 0.2) is 0 Å². The van der Waals surface area contributed by atoms with Crippen LogP contribution >= 0.6 is 0 Å². The van der Waals surface area contributed by atoms with Gasteiger partial charge in [0.05, 0.1) is 0 Å². The van der Waals surface area contributed by atoms with Gasteiger partial charge in [-0.2, -0.15) is 0 Å². The lowest BCUT2D eigenvalue weighted by Crippen LogP contribution is -2.38. The van der Waals surface area contributed by atoms with Crippen LogP contribution in [0.5, 0.6) is 0 Å². The number of hydrogen-bond donors (Lipinski definition) is 1. The minimum atomic E-state index is 0.108. The van der Waals surface area contributed by atoms with Gasteiger partial charge in [-0.25, -0.2) is 0 Å². The summed E-state index contributed by atoms with van der Waals surface area (Å²) in [6, 6.07) is 9.12. The fourth-order valence-corrected chi connectivity index (χ4v) is 2.29. The van der Waals surface area contributed by atoms with E-state index in [1.54, 1.807) is 0 Å². The summed E-state index contributed by atoms with van der Waals surface area (Å²) in [6.07, 6.45) is 3.19. The van der Waals surface area contributed by atoms with Crippen LogP contribution in [0.25, 0.3) is 0 Å². The van der Waals surface area contributed by atoms with Crippen molar-refractivity contribution in [2.75, 3.05) is 6.54 Å². The molecule has 2 rings (SSSR count). The minimum absolute atomic E-state index is 0.108. The monoisotopic (exact) mass is 201 g/mol. The smallest absolute Gasteiger partial charge is 0.0409 e. The lowest BCUT2D eigenvalue weighted by Gasteiger charge is -2.37. The van der Waals surface area contributed by atoms with E-state index in [0.717, 1.165) is 13.0 Å². The molecule has 0 bridgehead atoms. The number of hydrogen-bond acceptors (Lipinski definition) is 1. The molecule has 1 unspecified atom stereocenters. The molecule has 15 heavy (non-hydrogen) atoms. The van der Waals surface area contributed by atoms with E-state index in [2.05, 4.69) is 50.0 Å². The van der Waals surface area contributed by atoms with E-state index in [4.69, 9.17) is 0 Å². The van der Waals surface area contributed by atoms with Gasteiger partial charge in [-0.3, -0.25) is 0 Å². The SMILES string of the molecule is C=CC(C)(C)C1NCCc2ccccc21. The maximum atomic E-state index is 3.94. The quantitative estimate of drug-likeness (QED) is 0.725. The highest BCUT2D eigenvalue weighted by Gasteiger charge is 2.30.